The monoisotopic (exact) mass is 2080 g/mol. The summed E-state index contributed by atoms with van der Waals surface area (Å²) in [5.74, 6) is 4.25. The van der Waals surface area contributed by atoms with Crippen molar-refractivity contribution in [1.82, 2.24) is 188 Å². The van der Waals surface area contributed by atoms with E-state index in [4.69, 9.17) is 78.8 Å². The van der Waals surface area contributed by atoms with Crippen LogP contribution >= 0.6 is 45.6 Å². The van der Waals surface area contributed by atoms with Crippen LogP contribution in [0.4, 0.5) is 52.5 Å². The number of aromatic nitrogens is 38. The van der Waals surface area contributed by atoms with Gasteiger partial charge in [-0.1, -0.05) is 41.9 Å². The number of benzene rings is 3. The molecule has 0 spiro atoms. The number of hydrogen-bond donors (Lipinski definition) is 14. The van der Waals surface area contributed by atoms with Crippen molar-refractivity contribution in [3.63, 3.8) is 0 Å². The number of aliphatic hydroxyl groups is 1. The molecule has 23 heterocycles. The summed E-state index contributed by atoms with van der Waals surface area (Å²) in [6.45, 7) is 4.47. The van der Waals surface area contributed by atoms with E-state index < -0.39 is 0 Å². The highest BCUT2D eigenvalue weighted by molar-refractivity contribution is 7.15. The summed E-state index contributed by atoms with van der Waals surface area (Å²) in [7, 11) is 16.2. The van der Waals surface area contributed by atoms with Crippen molar-refractivity contribution < 1.29 is 14.9 Å². The van der Waals surface area contributed by atoms with Crippen LogP contribution in [0.1, 0.15) is 21.1 Å². The second-order valence-corrected chi connectivity index (χ2v) is 36.7. The van der Waals surface area contributed by atoms with E-state index >= 15 is 0 Å². The van der Waals surface area contributed by atoms with Gasteiger partial charge in [-0.3, -0.25) is 0 Å². The number of phenols is 1. The Morgan fingerprint density at radius 1 is 0.347 bits per heavy atom. The van der Waals surface area contributed by atoms with E-state index in [0.29, 0.717) is 115 Å². The first kappa shape index (κ1) is 99.2. The lowest BCUT2D eigenvalue weighted by Gasteiger charge is -2.01. The van der Waals surface area contributed by atoms with Crippen LogP contribution in [0.2, 0.25) is 5.02 Å². The van der Waals surface area contributed by atoms with Crippen LogP contribution in [0.15, 0.2) is 183 Å². The topological polar surface area (TPSA) is 742 Å². The van der Waals surface area contributed by atoms with Gasteiger partial charge < -0.3 is 82.3 Å². The van der Waals surface area contributed by atoms with E-state index in [1.165, 1.54) is 95.7 Å². The molecule has 0 saturated carbocycles. The highest BCUT2D eigenvalue weighted by atomic mass is 35.5. The Balaban J connectivity index is 0.000000108. The molecule has 0 aliphatic carbocycles. The number of anilines is 9. The number of phenolic OH excluding ortho intramolecular Hbond substituents is 1. The number of aliphatic hydroxyl groups excluding tert-OH is 1. The van der Waals surface area contributed by atoms with E-state index in [2.05, 4.69) is 188 Å². The normalized spacial score (nSPS) is 11.2. The summed E-state index contributed by atoms with van der Waals surface area (Å²) in [4.78, 5) is 91.4. The molecule has 0 saturated heterocycles. The van der Waals surface area contributed by atoms with Gasteiger partial charge in [0.15, 0.2) is 50.2 Å². The highest BCUT2D eigenvalue weighted by Gasteiger charge is 2.26. The third-order valence-corrected chi connectivity index (χ3v) is 26.9. The number of nitrogen functional groups attached to an aromatic ring is 9. The fourth-order valence-electron chi connectivity index (χ4n) is 16.5. The minimum absolute atomic E-state index is 0.00612. The maximum atomic E-state index is 9.68. The maximum Gasteiger partial charge on any atom is 0.219 e. The van der Waals surface area contributed by atoms with Gasteiger partial charge in [0.05, 0.1) is 66.7 Å². The van der Waals surface area contributed by atoms with Gasteiger partial charge in [-0.05, 0) is 73.3 Å². The second kappa shape index (κ2) is 41.6. The molecule has 150 heavy (non-hydrogen) atoms. The predicted octanol–water partition coefficient (Wildman–Crippen LogP) is 11.1. The van der Waals surface area contributed by atoms with Gasteiger partial charge >= 0.3 is 0 Å². The zero-order valence-electron chi connectivity index (χ0n) is 81.5. The second-order valence-electron chi connectivity index (χ2n) is 33.3. The lowest BCUT2D eigenvalue weighted by Crippen LogP contribution is -1.95. The molecule has 754 valence electrons. The van der Waals surface area contributed by atoms with Gasteiger partial charge in [-0.2, -0.15) is 40.8 Å². The molecule has 24 N–H and O–H groups in total. The Bertz CT molecular complexity index is 9090. The van der Waals surface area contributed by atoms with Gasteiger partial charge in [0.2, 0.25) is 5.95 Å². The average molecular weight is 2080 g/mol. The summed E-state index contributed by atoms with van der Waals surface area (Å²) in [6, 6.07) is 27.1. The fourth-order valence-corrected chi connectivity index (χ4v) is 18.9. The smallest absolute Gasteiger partial charge is 0.219 e. The minimum Gasteiger partial charge on any atom is -0.506 e. The molecule has 0 atom stereocenters. The number of hydrogen-bond acceptors (Lipinski definition) is 44. The van der Waals surface area contributed by atoms with E-state index in [0.717, 1.165) is 147 Å². The maximum absolute atomic E-state index is 9.68. The summed E-state index contributed by atoms with van der Waals surface area (Å²) in [5, 5.41) is 67.8. The van der Waals surface area contributed by atoms with E-state index in [9.17, 15) is 5.11 Å². The number of aromatic amines is 2. The van der Waals surface area contributed by atoms with Crippen LogP contribution in [0.3, 0.4) is 0 Å². The molecule has 0 amide bonds. The summed E-state index contributed by atoms with van der Waals surface area (Å²) in [6.07, 6.45) is 22.0. The average Bonchev–Trinajstić information content (AvgIpc) is 1.59. The predicted molar refractivity (Wildman–Crippen MR) is 579 cm³/mol. The van der Waals surface area contributed by atoms with Crippen LogP contribution in [0.5, 0.6) is 10.8 Å². The van der Waals surface area contributed by atoms with Crippen LogP contribution in [-0.2, 0) is 69.5 Å². The first-order chi connectivity index (χ1) is 72.4. The number of halogens is 1. The number of H-pyrrole nitrogens is 2. The first-order valence-electron chi connectivity index (χ1n) is 45.0. The molecular weight excluding hydrogens is 1990 g/mol. The van der Waals surface area contributed by atoms with Crippen molar-refractivity contribution in [3.8, 4) is 100 Å². The third kappa shape index (κ3) is 19.4. The number of nitrogens with zero attached hydrogens (tertiary/aromatic N) is 36. The van der Waals surface area contributed by atoms with Crippen molar-refractivity contribution in [2.75, 3.05) is 58.7 Å². The van der Waals surface area contributed by atoms with E-state index in [1.54, 1.807) is 107 Å². The molecule has 3 aromatic carbocycles. The number of nitrogens with two attached hydrogens (primary N) is 10. The number of fused-ring (bicyclic) bond motifs is 10. The molecule has 55 heteroatoms. The summed E-state index contributed by atoms with van der Waals surface area (Å²) in [5.41, 5.74) is 79.5. The molecule has 0 unspecified atom stereocenters. The molecule has 0 radical (unpaired) electrons. The zero-order valence-corrected chi connectivity index (χ0v) is 84.7. The third-order valence-electron chi connectivity index (χ3n) is 23.6. The van der Waals surface area contributed by atoms with Gasteiger partial charge in [0.25, 0.3) is 0 Å². The van der Waals surface area contributed by atoms with Crippen molar-refractivity contribution in [2.45, 2.75) is 27.0 Å². The molecule has 0 aliphatic rings. The van der Waals surface area contributed by atoms with E-state index in [-0.39, 0.29) is 23.3 Å². The van der Waals surface area contributed by atoms with Gasteiger partial charge in [-0.25, -0.2) is 137 Å². The Hall–Kier alpha value is -19.6. The first-order valence-corrected chi connectivity index (χ1v) is 47.9. The van der Waals surface area contributed by atoms with Crippen molar-refractivity contribution in [1.29, 1.82) is 0 Å². The summed E-state index contributed by atoms with van der Waals surface area (Å²) < 4.78 is 18.7. The van der Waals surface area contributed by atoms with Crippen LogP contribution < -0.4 is 62.1 Å². The lowest BCUT2D eigenvalue weighted by molar-refractivity contribution is 0.285. The summed E-state index contributed by atoms with van der Waals surface area (Å²) >= 11 is 10.4. The van der Waals surface area contributed by atoms with Crippen molar-refractivity contribution in [2.24, 2.45) is 62.1 Å². The van der Waals surface area contributed by atoms with Crippen molar-refractivity contribution >= 4 is 208 Å². The van der Waals surface area contributed by atoms with Crippen LogP contribution in [0.25, 0.3) is 199 Å². The number of aromatic hydroxyl groups is 1. The molecule has 51 nitrogen and oxygen atoms in total. The SMILES string of the molecule is COc1cc(-c2nn(C)c3ncnc(N)c23)cs1.Cc1c[nH]c2cc(-c3nn(C)c4ncnc(N)c34)ccc12.Cc1ncc(-c2nn(C)c3ncnc(N)c23)cn1.Cn1nc(-c2ccc(CN)s2)c2c(N)ncnc21.Cn1nc(-c2ccc(Cl)c(O)c2)c2c(N)ncnc21.Cn1nc(-c2ccc3cc[nH]c3c2)c2c(N)ncnc21.Cn1nc(-c2cnc(N)nc2)c2c(N)ncnc21.Cn1nc(-c2csc(CO)c2)c2c(N)ncnc21. The van der Waals surface area contributed by atoms with Crippen molar-refractivity contribution in [3.05, 3.63) is 210 Å². The zero-order chi connectivity index (χ0) is 105. The minimum atomic E-state index is -0.00612. The fraction of sp³-hybridized carbons (Fsp3) is 0.137. The van der Waals surface area contributed by atoms with E-state index in [1.807, 2.05) is 109 Å². The number of nitrogens with one attached hydrogen (secondary N) is 2. The van der Waals surface area contributed by atoms with Crippen LogP contribution in [0, 0.1) is 13.8 Å². The number of rotatable bonds is 11. The Morgan fingerprint density at radius 2 is 0.687 bits per heavy atom. The Morgan fingerprint density at radius 3 is 1.05 bits per heavy atom. The van der Waals surface area contributed by atoms with Gasteiger partial charge in [0, 0.05) is 182 Å². The number of ether oxygens (including phenoxy) is 1. The molecule has 26 aromatic rings. The lowest BCUT2D eigenvalue weighted by atomic mass is 10.1. The molecular formula is C95H91ClN48O3S3. The van der Waals surface area contributed by atoms with Gasteiger partial charge in [-0.15, -0.1) is 34.0 Å². The quantitative estimate of drug-likeness (QED) is 0.0572. The molecule has 26 rings (SSSR count). The molecule has 0 fully saturated rings. The molecule has 0 bridgehead atoms. The van der Waals surface area contributed by atoms with Gasteiger partial charge in [0.1, 0.15) is 154 Å². The standard InChI is InChI=1S/C15H14N6.C14H12N6.C12H10ClN5O.C11H11N7.C11H12N6S.2C11H11N5OS.C10H10N8/c1-8-6-17-11-5-9(3-4-10(8)11)13-12-14(16)18-7-19-15(12)21(2)20-13;1-20-14-11(13(15)17-7-18-14)12(19-20)9-3-2-8-4-5-16-10(8)6-9;1-18-12-9(11(14)15-5-16-12)10(17-18)6-2-3-7(13)8(19)4-6;1-6-13-3-7(4-14-6)9-8-10(12)15-5-16-11(8)18(2)17-9;1-17-11-8(10(13)14-5-15-11)9(16-17)7-3-2-6(4-12)18-7;1-16-11-8(10(12)13-5-14-11)9(15-16)6-3-7(17-2)18-4-6;1-16-11-8(10(12)13-5-14-11)9(15-16)6-2-7(3-17)18-4-6;1-18-9-6(8(11)15-4-16-9)7(17-18)5-2-13-10(12)14-3-5/h3-7,17H,1-2H3,(H2,16,18,19);2-7,16H,1H3,(H2,15,17,18);2-5,19H,1H3,(H2,14,15,16);3-5H,1-2H3,(H2,12,15,16);2-3,5H,4,12H2,1H3,(H2,13,14,15);3-5H,1-2H3,(H2,12,13,14);2,4-5,17H,3H2,1H3,(H2,12,13,14);2-4H,1H3,(H2,11,15,16)(H2,12,13,14). The number of methoxy groups -OCH3 is 1. The number of aryl methyl sites for hydroxylation is 10. The number of thiophene rings is 3. The highest BCUT2D eigenvalue weighted by Crippen LogP contribution is 2.42. The largest absolute Gasteiger partial charge is 0.506 e. The van der Waals surface area contributed by atoms with Crippen LogP contribution in [-0.4, -0.2) is 205 Å². The molecule has 0 aliphatic heterocycles. The Labute approximate surface area is 863 Å². The Kier molecular flexibility index (Phi) is 27.5. The molecule has 23 aromatic heterocycles.